The van der Waals surface area contributed by atoms with E-state index in [0.29, 0.717) is 41.4 Å². The van der Waals surface area contributed by atoms with Crippen LogP contribution in [0.2, 0.25) is 0 Å². The van der Waals surface area contributed by atoms with Crippen molar-refractivity contribution in [2.24, 2.45) is 5.92 Å². The van der Waals surface area contributed by atoms with E-state index in [0.717, 1.165) is 11.1 Å². The van der Waals surface area contributed by atoms with Crippen LogP contribution in [0.4, 0.5) is 11.5 Å². The molecule has 0 spiro atoms. The van der Waals surface area contributed by atoms with Crippen LogP contribution in [0.5, 0.6) is 0 Å². The van der Waals surface area contributed by atoms with Crippen molar-refractivity contribution in [3.05, 3.63) is 52.2 Å². The molecule has 0 radical (unpaired) electrons. The molecular formula is C23H31N3O4. The minimum atomic E-state index is -0.448. The predicted octanol–water partition coefficient (Wildman–Crippen LogP) is 3.50. The maximum atomic E-state index is 13.1. The first-order valence-electron chi connectivity index (χ1n) is 10.1. The number of aromatic nitrogens is 1. The summed E-state index contributed by atoms with van der Waals surface area (Å²) < 4.78 is 4.83. The van der Waals surface area contributed by atoms with E-state index in [1.165, 1.54) is 7.11 Å². The average molecular weight is 414 g/mol. The molecule has 1 aromatic heterocycles. The van der Waals surface area contributed by atoms with E-state index in [-0.39, 0.29) is 18.4 Å². The zero-order chi connectivity index (χ0) is 22.4. The molecule has 7 heteroatoms. The van der Waals surface area contributed by atoms with Crippen LogP contribution in [0.1, 0.15) is 51.4 Å². The second kappa shape index (κ2) is 10.2. The summed E-state index contributed by atoms with van der Waals surface area (Å²) >= 11 is 0. The minimum Gasteiger partial charge on any atom is -0.465 e. The highest BCUT2D eigenvalue weighted by atomic mass is 16.5. The van der Waals surface area contributed by atoms with Gasteiger partial charge in [-0.25, -0.2) is 9.78 Å². The van der Waals surface area contributed by atoms with Crippen molar-refractivity contribution in [3.8, 4) is 0 Å². The number of aryl methyl sites for hydroxylation is 2. The molecule has 0 saturated carbocycles. The lowest BCUT2D eigenvalue weighted by atomic mass is 10.0. The summed E-state index contributed by atoms with van der Waals surface area (Å²) in [6, 6.07) is 7.22. The number of esters is 1. The van der Waals surface area contributed by atoms with Crippen LogP contribution in [0.3, 0.4) is 0 Å². The lowest BCUT2D eigenvalue weighted by molar-refractivity contribution is 0.0599. The smallest absolute Gasteiger partial charge is 0.338 e. The van der Waals surface area contributed by atoms with Gasteiger partial charge < -0.3 is 20.1 Å². The Kier molecular flexibility index (Phi) is 7.94. The van der Waals surface area contributed by atoms with Crippen molar-refractivity contribution >= 4 is 23.4 Å². The van der Waals surface area contributed by atoms with Crippen LogP contribution < -0.4 is 10.2 Å². The third-order valence-electron chi connectivity index (χ3n) is 5.16. The first kappa shape index (κ1) is 23.3. The molecule has 1 atom stereocenters. The summed E-state index contributed by atoms with van der Waals surface area (Å²) in [6.07, 6.45) is 0. The largest absolute Gasteiger partial charge is 0.465 e. The molecule has 162 valence electrons. The number of nitrogens with zero attached hydrogens (tertiary/aromatic N) is 2. The van der Waals surface area contributed by atoms with Gasteiger partial charge in [-0.2, -0.15) is 0 Å². The zero-order valence-corrected chi connectivity index (χ0v) is 18.6. The number of hydrogen-bond donors (Lipinski definition) is 2. The number of carbonyl (C=O) groups excluding carboxylic acids is 2. The van der Waals surface area contributed by atoms with Crippen LogP contribution in [-0.4, -0.2) is 48.8 Å². The fourth-order valence-electron chi connectivity index (χ4n) is 3.29. The molecule has 30 heavy (non-hydrogen) atoms. The van der Waals surface area contributed by atoms with Crippen molar-refractivity contribution < 1.29 is 19.4 Å². The molecule has 7 nitrogen and oxygen atoms in total. The molecule has 0 aliphatic carbocycles. The van der Waals surface area contributed by atoms with Crippen LogP contribution in [0.15, 0.2) is 24.3 Å². The fraction of sp³-hybridized carbons (Fsp3) is 0.435. The third-order valence-corrected chi connectivity index (χ3v) is 5.16. The standard InChI is InChI=1S/C23H31N3O4/c1-7-26(12-14(2)13-27)19-11-9-16(4)21(24-19)22(28)25-20-15(3)8-10-18(17(20)5)23(29)30-6/h8-11,14,27H,7,12-13H2,1-6H3,(H,25,28). The first-order chi connectivity index (χ1) is 14.2. The van der Waals surface area contributed by atoms with E-state index in [1.807, 2.05) is 44.7 Å². The van der Waals surface area contributed by atoms with Gasteiger partial charge in [0.2, 0.25) is 0 Å². The number of ether oxygens (including phenoxy) is 1. The molecule has 0 saturated heterocycles. The molecule has 2 N–H and O–H groups in total. The number of nitrogens with one attached hydrogen (secondary N) is 1. The van der Waals surface area contributed by atoms with Gasteiger partial charge in [0, 0.05) is 25.4 Å². The summed E-state index contributed by atoms with van der Waals surface area (Å²) in [5.74, 6) is -0.00767. The first-order valence-corrected chi connectivity index (χ1v) is 10.1. The second-order valence-electron chi connectivity index (χ2n) is 7.54. The second-order valence-corrected chi connectivity index (χ2v) is 7.54. The Morgan fingerprint density at radius 2 is 1.83 bits per heavy atom. The van der Waals surface area contributed by atoms with Crippen LogP contribution in [0.25, 0.3) is 0 Å². The Labute approximate surface area is 178 Å². The predicted molar refractivity (Wildman–Crippen MR) is 118 cm³/mol. The average Bonchev–Trinajstić information content (AvgIpc) is 2.74. The van der Waals surface area contributed by atoms with Crippen LogP contribution >= 0.6 is 0 Å². The van der Waals surface area contributed by atoms with Gasteiger partial charge in [0.15, 0.2) is 0 Å². The molecular weight excluding hydrogens is 382 g/mol. The summed E-state index contributed by atoms with van der Waals surface area (Å²) in [7, 11) is 1.33. The van der Waals surface area contributed by atoms with Gasteiger partial charge in [-0.1, -0.05) is 19.1 Å². The van der Waals surface area contributed by atoms with Gasteiger partial charge in [0.25, 0.3) is 5.91 Å². The molecule has 1 amide bonds. The van der Waals surface area contributed by atoms with Crippen molar-refractivity contribution in [2.45, 2.75) is 34.6 Å². The molecule has 0 aliphatic rings. The molecule has 1 unspecified atom stereocenters. The SMILES string of the molecule is CCN(CC(C)CO)c1ccc(C)c(C(=O)Nc2c(C)ccc(C(=O)OC)c2C)n1. The van der Waals surface area contributed by atoms with Crippen molar-refractivity contribution in [1.29, 1.82) is 0 Å². The lowest BCUT2D eigenvalue weighted by Crippen LogP contribution is -2.31. The number of hydrogen-bond acceptors (Lipinski definition) is 6. The zero-order valence-electron chi connectivity index (χ0n) is 18.6. The number of aliphatic hydroxyl groups is 1. The van der Waals surface area contributed by atoms with Gasteiger partial charge in [0.05, 0.1) is 12.7 Å². The number of anilines is 2. The quantitative estimate of drug-likeness (QED) is 0.644. The molecule has 0 aliphatic heterocycles. The van der Waals surface area contributed by atoms with Gasteiger partial charge in [-0.15, -0.1) is 0 Å². The Bertz CT molecular complexity index is 927. The highest BCUT2D eigenvalue weighted by Gasteiger charge is 2.19. The van der Waals surface area contributed by atoms with Crippen molar-refractivity contribution in [1.82, 2.24) is 4.98 Å². The van der Waals surface area contributed by atoms with Crippen LogP contribution in [-0.2, 0) is 4.74 Å². The normalized spacial score (nSPS) is 11.7. The number of benzene rings is 1. The molecule has 1 heterocycles. The monoisotopic (exact) mass is 413 g/mol. The molecule has 2 aromatic rings. The van der Waals surface area contributed by atoms with E-state index in [1.54, 1.807) is 19.1 Å². The molecule has 1 aromatic carbocycles. The van der Waals surface area contributed by atoms with Gasteiger partial charge >= 0.3 is 5.97 Å². The Balaban J connectivity index is 2.37. The number of carbonyl (C=O) groups is 2. The van der Waals surface area contributed by atoms with E-state index in [2.05, 4.69) is 10.3 Å². The molecule has 0 bridgehead atoms. The number of amides is 1. The molecule has 2 rings (SSSR count). The Morgan fingerprint density at radius 1 is 1.17 bits per heavy atom. The fourth-order valence-corrected chi connectivity index (χ4v) is 3.29. The van der Waals surface area contributed by atoms with Gasteiger partial charge in [-0.3, -0.25) is 4.79 Å². The van der Waals surface area contributed by atoms with E-state index in [9.17, 15) is 14.7 Å². The Hall–Kier alpha value is -2.93. The maximum Gasteiger partial charge on any atom is 0.338 e. The number of aliphatic hydroxyl groups excluding tert-OH is 1. The summed E-state index contributed by atoms with van der Waals surface area (Å²) in [5, 5.41) is 12.3. The van der Waals surface area contributed by atoms with E-state index in [4.69, 9.17) is 4.74 Å². The minimum absolute atomic E-state index is 0.0881. The lowest BCUT2D eigenvalue weighted by Gasteiger charge is -2.25. The van der Waals surface area contributed by atoms with Crippen molar-refractivity contribution in [3.63, 3.8) is 0 Å². The van der Waals surface area contributed by atoms with Gasteiger partial charge in [0.1, 0.15) is 11.5 Å². The highest BCUT2D eigenvalue weighted by molar-refractivity contribution is 6.06. The summed E-state index contributed by atoms with van der Waals surface area (Å²) in [5.41, 5.74) is 3.56. The third kappa shape index (κ3) is 5.16. The topological polar surface area (TPSA) is 91.8 Å². The number of methoxy groups -OCH3 is 1. The highest BCUT2D eigenvalue weighted by Crippen LogP contribution is 2.25. The number of pyridine rings is 1. The summed E-state index contributed by atoms with van der Waals surface area (Å²) in [6.45, 7) is 10.9. The van der Waals surface area contributed by atoms with E-state index >= 15 is 0 Å². The van der Waals surface area contributed by atoms with Gasteiger partial charge in [-0.05, 0) is 62.4 Å². The molecule has 0 fully saturated rings. The Morgan fingerprint density at radius 3 is 2.43 bits per heavy atom. The van der Waals surface area contributed by atoms with Crippen LogP contribution in [0, 0.1) is 26.7 Å². The van der Waals surface area contributed by atoms with E-state index < -0.39 is 5.97 Å². The maximum absolute atomic E-state index is 13.1. The summed E-state index contributed by atoms with van der Waals surface area (Å²) in [4.78, 5) is 31.7. The van der Waals surface area contributed by atoms with Crippen molar-refractivity contribution in [2.75, 3.05) is 37.0 Å². The number of rotatable bonds is 8.